The van der Waals surface area contributed by atoms with E-state index in [4.69, 9.17) is 0 Å². The van der Waals surface area contributed by atoms with Gasteiger partial charge in [0.1, 0.15) is 0 Å². The summed E-state index contributed by atoms with van der Waals surface area (Å²) in [6.45, 7) is 0. The second-order valence-corrected chi connectivity index (χ2v) is 8.16. The van der Waals surface area contributed by atoms with E-state index in [9.17, 15) is 0 Å². The Kier molecular flexibility index (Phi) is 9.12. The van der Waals surface area contributed by atoms with Crippen LogP contribution in [0.4, 0.5) is 0 Å². The van der Waals surface area contributed by atoms with Crippen LogP contribution >= 0.6 is 7.92 Å². The van der Waals surface area contributed by atoms with Crippen molar-refractivity contribution >= 4 is 13.2 Å². The van der Waals surface area contributed by atoms with Gasteiger partial charge in [-0.15, -0.1) is 13.2 Å². The first-order chi connectivity index (χ1) is 12.4. The first-order valence-electron chi connectivity index (χ1n) is 8.63. The van der Waals surface area contributed by atoms with E-state index in [-0.39, 0.29) is 24.4 Å². The van der Waals surface area contributed by atoms with Crippen molar-refractivity contribution in [1.82, 2.24) is 0 Å². The molecule has 0 aliphatic rings. The van der Waals surface area contributed by atoms with Crippen LogP contribution in [0.5, 0.6) is 0 Å². The smallest absolute Gasteiger partial charge is 0 e. The van der Waals surface area contributed by atoms with Gasteiger partial charge in [-0.25, -0.2) is 12.1 Å². The maximum atomic E-state index is 2.28. The summed E-state index contributed by atoms with van der Waals surface area (Å²) in [7, 11) is -0.171. The Morgan fingerprint density at radius 3 is 1.35 bits per heavy atom. The Morgan fingerprint density at radius 1 is 0.577 bits per heavy atom. The van der Waals surface area contributed by atoms with Gasteiger partial charge in [0.25, 0.3) is 0 Å². The molecule has 0 heterocycles. The van der Waals surface area contributed by atoms with Crippen molar-refractivity contribution < 1.29 is 16.5 Å². The second-order valence-electron chi connectivity index (χ2n) is 5.93. The quantitative estimate of drug-likeness (QED) is 0.209. The average molecular weight is 401 g/mol. The summed E-state index contributed by atoms with van der Waals surface area (Å²) in [5.41, 5.74) is 2.88. The third-order valence-electron chi connectivity index (χ3n) is 4.00. The molecule has 0 atom stereocenters. The van der Waals surface area contributed by atoms with Gasteiger partial charge in [-0.2, -0.15) is 12.1 Å². The zero-order chi connectivity index (χ0) is 17.2. The predicted molar refractivity (Wildman–Crippen MR) is 111 cm³/mol. The minimum atomic E-state index is -0.171. The van der Waals surface area contributed by atoms with Gasteiger partial charge < -0.3 is 30.3 Å². The van der Waals surface area contributed by atoms with Gasteiger partial charge in [0.2, 0.25) is 0 Å². The summed E-state index contributed by atoms with van der Waals surface area (Å²) in [6, 6.07) is 40.5. The van der Waals surface area contributed by atoms with E-state index in [1.54, 1.807) is 0 Å². The summed E-state index contributed by atoms with van der Waals surface area (Å²) < 4.78 is 0. The number of hydrogen-bond acceptors (Lipinski definition) is 0. The molecule has 4 aromatic rings. The Balaban J connectivity index is 0.000000351. The Morgan fingerprint density at radius 2 is 0.962 bits per heavy atom. The first kappa shape index (κ1) is 20.4. The van der Waals surface area contributed by atoms with E-state index in [2.05, 4.69) is 84.9 Å². The van der Waals surface area contributed by atoms with Crippen LogP contribution in [0.1, 0.15) is 11.1 Å². The van der Waals surface area contributed by atoms with Crippen molar-refractivity contribution in [2.24, 2.45) is 0 Å². The topological polar surface area (TPSA) is 0 Å². The molecule has 0 unspecified atom stereocenters. The molecule has 0 spiro atoms. The van der Waals surface area contributed by atoms with E-state index in [0.29, 0.717) is 0 Å². The molecule has 0 nitrogen and oxygen atoms in total. The van der Waals surface area contributed by atoms with Gasteiger partial charge in [0.05, 0.1) is 0 Å². The van der Waals surface area contributed by atoms with Crippen molar-refractivity contribution in [3.63, 3.8) is 0 Å². The van der Waals surface area contributed by atoms with Gasteiger partial charge in [0, 0.05) is 16.5 Å². The minimum Gasteiger partial charge on any atom is -0.748 e. The molecule has 0 saturated carbocycles. The monoisotopic (exact) mass is 400 g/mol. The second kappa shape index (κ2) is 11.6. The standard InChI is InChI=1S/C19H18P.C5H5.Ni/c1-3-9-17(10-4-1)15-20(19-13-7-8-14-19)16-18-11-5-2-6-12-18;1-2-4-5-3-1;/h1-14H,15-16H2;1-5H;/q-1;-5;. The molecule has 0 saturated heterocycles. The SMILES string of the molecule is [Ni].[cH-]1[cH-][cH-][cH-][cH-]1.c1ccc(CP(Cc2ccccc2)[c-]2cccc2)cc1. The van der Waals surface area contributed by atoms with Crippen LogP contribution in [0.15, 0.2) is 115 Å². The zero-order valence-electron chi connectivity index (χ0n) is 14.6. The van der Waals surface area contributed by atoms with Crippen LogP contribution in [0, 0.1) is 0 Å². The molecular weight excluding hydrogens is 378 g/mol. The molecule has 0 radical (unpaired) electrons. The van der Waals surface area contributed by atoms with E-state index in [0.717, 1.165) is 12.3 Å². The van der Waals surface area contributed by atoms with E-state index in [1.807, 2.05) is 30.3 Å². The Hall–Kier alpha value is -1.94. The van der Waals surface area contributed by atoms with Crippen molar-refractivity contribution in [1.29, 1.82) is 0 Å². The molecule has 26 heavy (non-hydrogen) atoms. The molecule has 140 valence electrons. The van der Waals surface area contributed by atoms with Gasteiger partial charge in [-0.3, -0.25) is 0 Å². The molecule has 4 rings (SSSR count). The van der Waals surface area contributed by atoms with Crippen LogP contribution in [0.25, 0.3) is 0 Å². The van der Waals surface area contributed by atoms with Gasteiger partial charge in [0.15, 0.2) is 0 Å². The van der Waals surface area contributed by atoms with Crippen molar-refractivity contribution in [3.8, 4) is 0 Å². The van der Waals surface area contributed by atoms with Gasteiger partial charge in [-0.1, -0.05) is 60.7 Å². The van der Waals surface area contributed by atoms with Crippen LogP contribution in [-0.2, 0) is 28.8 Å². The summed E-state index contributed by atoms with van der Waals surface area (Å²) in [4.78, 5) is 0. The van der Waals surface area contributed by atoms with Gasteiger partial charge in [-0.05, 0) is 23.5 Å². The molecule has 0 aliphatic heterocycles. The molecule has 0 amide bonds. The maximum absolute atomic E-state index is 2.28. The van der Waals surface area contributed by atoms with Crippen LogP contribution in [-0.4, -0.2) is 0 Å². The summed E-state index contributed by atoms with van der Waals surface area (Å²) >= 11 is 0. The summed E-state index contributed by atoms with van der Waals surface area (Å²) in [5, 5.41) is 1.51. The van der Waals surface area contributed by atoms with Crippen molar-refractivity contribution in [3.05, 3.63) is 126 Å². The van der Waals surface area contributed by atoms with E-state index in [1.165, 1.54) is 16.4 Å². The van der Waals surface area contributed by atoms with E-state index >= 15 is 0 Å². The molecule has 0 fully saturated rings. The Labute approximate surface area is 168 Å². The fourth-order valence-corrected chi connectivity index (χ4v) is 5.12. The third kappa shape index (κ3) is 6.76. The molecular formula is C24H23NiP-6. The van der Waals surface area contributed by atoms with E-state index < -0.39 is 0 Å². The van der Waals surface area contributed by atoms with Crippen molar-refractivity contribution in [2.45, 2.75) is 12.3 Å². The maximum Gasteiger partial charge on any atom is 0 e. The van der Waals surface area contributed by atoms with Gasteiger partial charge >= 0.3 is 0 Å². The number of hydrogen-bond donors (Lipinski definition) is 0. The average Bonchev–Trinajstić information content (AvgIpc) is 3.39. The fraction of sp³-hybridized carbons (Fsp3) is 0.0833. The number of rotatable bonds is 5. The molecule has 2 heteroatoms. The van der Waals surface area contributed by atoms with Crippen LogP contribution in [0.3, 0.4) is 0 Å². The zero-order valence-corrected chi connectivity index (χ0v) is 16.5. The summed E-state index contributed by atoms with van der Waals surface area (Å²) in [5.74, 6) is 0. The van der Waals surface area contributed by atoms with Crippen LogP contribution in [0.2, 0.25) is 0 Å². The first-order valence-corrected chi connectivity index (χ1v) is 10.3. The third-order valence-corrected chi connectivity index (χ3v) is 6.52. The largest absolute Gasteiger partial charge is 0.748 e. The molecule has 4 aromatic carbocycles. The molecule has 0 N–H and O–H groups in total. The molecule has 0 aliphatic carbocycles. The Bertz CT molecular complexity index is 731. The predicted octanol–water partition coefficient (Wildman–Crippen LogP) is 6.32. The fourth-order valence-electron chi connectivity index (χ4n) is 2.74. The minimum absolute atomic E-state index is 0. The van der Waals surface area contributed by atoms with Crippen LogP contribution < -0.4 is 5.30 Å². The molecule has 0 bridgehead atoms. The van der Waals surface area contributed by atoms with Crippen molar-refractivity contribution in [2.75, 3.05) is 0 Å². The molecule has 0 aromatic heterocycles. The summed E-state index contributed by atoms with van der Waals surface area (Å²) in [6.07, 6.45) is 2.32. The normalized spacial score (nSPS) is 9.88. The number of benzene rings is 2.